The molecule has 0 aliphatic carbocycles. The van der Waals surface area contributed by atoms with Gasteiger partial charge in [-0.25, -0.2) is 4.98 Å². The van der Waals surface area contributed by atoms with Crippen LogP contribution in [-0.2, 0) is 4.79 Å². The highest BCUT2D eigenvalue weighted by Gasteiger charge is 2.83. The molecule has 0 aliphatic heterocycles. The number of amides is 1. The highest BCUT2D eigenvalue weighted by atomic mass is 19.4. The number of hydrogen-bond donors (Lipinski definition) is 1. The Kier molecular flexibility index (Phi) is 4.85. The van der Waals surface area contributed by atoms with E-state index in [9.17, 15) is 44.3 Å². The Balaban J connectivity index is 3.20. The molecule has 0 aromatic carbocycles. The van der Waals surface area contributed by atoms with Crippen LogP contribution in [0, 0.1) is 13.8 Å². The number of carbonyl (C=O) groups excluding carboxylic acids is 1. The number of carbonyl (C=O) groups is 1. The third kappa shape index (κ3) is 3.26. The van der Waals surface area contributed by atoms with E-state index in [1.54, 1.807) is 0 Å². The Bertz CT molecular complexity index is 620. The summed E-state index contributed by atoms with van der Waals surface area (Å²) >= 11 is 0. The molecule has 0 atom stereocenters. The molecular weight excluding hydrogens is 359 g/mol. The first kappa shape index (κ1) is 20.0. The Hall–Kier alpha value is -2.01. The molecule has 1 amide bonds. The van der Waals surface area contributed by atoms with Gasteiger partial charge in [-0.1, -0.05) is 0 Å². The molecule has 0 saturated heterocycles. The standard InChI is InChI=1S/C12H9F9N2O/c1-5-3-6(2)22-7(4-5)23-8(24)9(13,14)10(15,16)11(17,18)12(19,20)21/h3-4H,1-2H3,(H,22,23,24). The maximum atomic E-state index is 13.3. The van der Waals surface area contributed by atoms with Crippen molar-refractivity contribution in [3.63, 3.8) is 0 Å². The minimum Gasteiger partial charge on any atom is -0.305 e. The summed E-state index contributed by atoms with van der Waals surface area (Å²) in [5.41, 5.74) is 0.495. The Morgan fingerprint density at radius 2 is 1.42 bits per heavy atom. The minimum absolute atomic E-state index is 0.154. The van der Waals surface area contributed by atoms with E-state index in [4.69, 9.17) is 0 Å². The molecule has 0 bridgehead atoms. The third-order valence-corrected chi connectivity index (χ3v) is 2.77. The number of rotatable bonds is 4. The zero-order valence-corrected chi connectivity index (χ0v) is 11.9. The fourth-order valence-corrected chi connectivity index (χ4v) is 1.62. The molecule has 0 aliphatic rings. The second-order valence-corrected chi connectivity index (χ2v) is 4.85. The molecule has 0 saturated carbocycles. The maximum Gasteiger partial charge on any atom is 0.460 e. The van der Waals surface area contributed by atoms with Gasteiger partial charge in [0.2, 0.25) is 0 Å². The van der Waals surface area contributed by atoms with Gasteiger partial charge >= 0.3 is 29.9 Å². The van der Waals surface area contributed by atoms with Crippen LogP contribution in [0.15, 0.2) is 12.1 Å². The molecule has 12 heteroatoms. The van der Waals surface area contributed by atoms with Crippen LogP contribution in [0.1, 0.15) is 11.3 Å². The van der Waals surface area contributed by atoms with Crippen molar-refractivity contribution in [1.29, 1.82) is 0 Å². The van der Waals surface area contributed by atoms with Crippen LogP contribution in [0.5, 0.6) is 0 Å². The highest BCUT2D eigenvalue weighted by molar-refractivity contribution is 5.96. The van der Waals surface area contributed by atoms with Crippen LogP contribution in [0.4, 0.5) is 45.3 Å². The van der Waals surface area contributed by atoms with Crippen molar-refractivity contribution in [2.24, 2.45) is 0 Å². The van der Waals surface area contributed by atoms with Gasteiger partial charge in [0.1, 0.15) is 5.82 Å². The molecule has 0 unspecified atom stereocenters. The molecule has 0 radical (unpaired) electrons. The van der Waals surface area contributed by atoms with Crippen molar-refractivity contribution < 1.29 is 44.3 Å². The van der Waals surface area contributed by atoms with E-state index in [0.717, 1.165) is 11.4 Å². The number of aromatic nitrogens is 1. The van der Waals surface area contributed by atoms with Crippen LogP contribution in [0.3, 0.4) is 0 Å². The first-order valence-corrected chi connectivity index (χ1v) is 6.01. The largest absolute Gasteiger partial charge is 0.460 e. The Morgan fingerprint density at radius 3 is 1.83 bits per heavy atom. The van der Waals surface area contributed by atoms with E-state index >= 15 is 0 Å². The number of aryl methyl sites for hydroxylation is 2. The number of alkyl halides is 9. The summed E-state index contributed by atoms with van der Waals surface area (Å²) in [6.07, 6.45) is -6.99. The van der Waals surface area contributed by atoms with Crippen molar-refractivity contribution in [2.75, 3.05) is 5.32 Å². The van der Waals surface area contributed by atoms with Crippen LogP contribution >= 0.6 is 0 Å². The van der Waals surface area contributed by atoms with Crippen molar-refractivity contribution >= 4 is 11.7 Å². The molecule has 1 aromatic rings. The number of nitrogens with one attached hydrogen (secondary N) is 1. The van der Waals surface area contributed by atoms with E-state index < -0.39 is 35.7 Å². The summed E-state index contributed by atoms with van der Waals surface area (Å²) in [5, 5.41) is 1.11. The first-order valence-electron chi connectivity index (χ1n) is 6.01. The molecule has 24 heavy (non-hydrogen) atoms. The molecule has 136 valence electrons. The van der Waals surface area contributed by atoms with Gasteiger partial charge in [0.05, 0.1) is 0 Å². The zero-order chi connectivity index (χ0) is 19.1. The van der Waals surface area contributed by atoms with Crippen LogP contribution in [-0.4, -0.2) is 34.8 Å². The third-order valence-electron chi connectivity index (χ3n) is 2.77. The van der Waals surface area contributed by atoms with Gasteiger partial charge < -0.3 is 5.32 Å². The topological polar surface area (TPSA) is 42.0 Å². The van der Waals surface area contributed by atoms with Gasteiger partial charge in [-0.3, -0.25) is 4.79 Å². The van der Waals surface area contributed by atoms with Gasteiger partial charge in [-0.2, -0.15) is 39.5 Å². The quantitative estimate of drug-likeness (QED) is 0.813. The van der Waals surface area contributed by atoms with Gasteiger partial charge in [0.15, 0.2) is 0 Å². The zero-order valence-electron chi connectivity index (χ0n) is 11.9. The molecule has 1 aromatic heterocycles. The van der Waals surface area contributed by atoms with E-state index in [2.05, 4.69) is 4.98 Å². The summed E-state index contributed by atoms with van der Waals surface area (Å²) < 4.78 is 114. The second-order valence-electron chi connectivity index (χ2n) is 4.85. The smallest absolute Gasteiger partial charge is 0.305 e. The lowest BCUT2D eigenvalue weighted by Crippen LogP contribution is -2.64. The number of halogens is 9. The maximum absolute atomic E-state index is 13.3. The van der Waals surface area contributed by atoms with Crippen molar-refractivity contribution in [1.82, 2.24) is 4.98 Å². The SMILES string of the molecule is Cc1cc(C)nc(NC(=O)C(F)(F)C(F)(F)C(F)(F)C(F)(F)F)c1. The lowest BCUT2D eigenvalue weighted by molar-refractivity contribution is -0.388. The van der Waals surface area contributed by atoms with E-state index in [1.165, 1.54) is 19.9 Å². The second kappa shape index (κ2) is 5.81. The lowest BCUT2D eigenvalue weighted by atomic mass is 10.0. The predicted octanol–water partition coefficient (Wildman–Crippen LogP) is 4.11. The predicted molar refractivity (Wildman–Crippen MR) is 63.2 cm³/mol. The average Bonchev–Trinajstić information content (AvgIpc) is 2.35. The van der Waals surface area contributed by atoms with E-state index in [1.807, 2.05) is 0 Å². The van der Waals surface area contributed by atoms with Crippen molar-refractivity contribution in [2.45, 2.75) is 37.8 Å². The van der Waals surface area contributed by atoms with Crippen LogP contribution < -0.4 is 5.32 Å². The summed E-state index contributed by atoms with van der Waals surface area (Å²) in [7, 11) is 0. The monoisotopic (exact) mass is 368 g/mol. The minimum atomic E-state index is -7.13. The van der Waals surface area contributed by atoms with E-state index in [0.29, 0.717) is 5.56 Å². The number of nitrogens with zero attached hydrogens (tertiary/aromatic N) is 1. The van der Waals surface area contributed by atoms with Crippen molar-refractivity contribution in [3.8, 4) is 0 Å². The van der Waals surface area contributed by atoms with E-state index in [-0.39, 0.29) is 5.69 Å². The summed E-state index contributed by atoms with van der Waals surface area (Å²) in [5.74, 6) is -24.2. The van der Waals surface area contributed by atoms with Crippen LogP contribution in [0.25, 0.3) is 0 Å². The van der Waals surface area contributed by atoms with Gasteiger partial charge in [0.25, 0.3) is 0 Å². The fourth-order valence-electron chi connectivity index (χ4n) is 1.62. The molecule has 3 nitrogen and oxygen atoms in total. The molecule has 1 N–H and O–H groups in total. The lowest BCUT2D eigenvalue weighted by Gasteiger charge is -2.32. The molecule has 0 fully saturated rings. The normalized spacial score (nSPS) is 13.8. The number of anilines is 1. The van der Waals surface area contributed by atoms with Crippen LogP contribution in [0.2, 0.25) is 0 Å². The van der Waals surface area contributed by atoms with Gasteiger partial charge in [-0.15, -0.1) is 0 Å². The molecule has 1 rings (SSSR count). The molecule has 0 spiro atoms. The average molecular weight is 368 g/mol. The van der Waals surface area contributed by atoms with Gasteiger partial charge in [-0.05, 0) is 31.5 Å². The van der Waals surface area contributed by atoms with Gasteiger partial charge in [0, 0.05) is 5.69 Å². The Morgan fingerprint density at radius 1 is 0.917 bits per heavy atom. The Labute approximate surface area is 128 Å². The fraction of sp³-hybridized carbons (Fsp3) is 0.500. The first-order chi connectivity index (χ1) is 10.5. The van der Waals surface area contributed by atoms with Crippen molar-refractivity contribution in [3.05, 3.63) is 23.4 Å². The number of hydrogen-bond acceptors (Lipinski definition) is 2. The number of pyridine rings is 1. The summed E-state index contributed by atoms with van der Waals surface area (Å²) in [6, 6.07) is 2.33. The molecule has 1 heterocycles. The summed E-state index contributed by atoms with van der Waals surface area (Å²) in [4.78, 5) is 14.7. The molecular formula is C12H9F9N2O. The summed E-state index contributed by atoms with van der Waals surface area (Å²) in [6.45, 7) is 2.75. The highest BCUT2D eigenvalue weighted by Crippen LogP contribution is 2.53.